The van der Waals surface area contributed by atoms with Gasteiger partial charge in [-0.3, -0.25) is 19.3 Å². The second-order valence-electron chi connectivity index (χ2n) is 6.90. The molecule has 0 aliphatic carbocycles. The summed E-state index contributed by atoms with van der Waals surface area (Å²) in [4.78, 5) is 29.8. The predicted octanol–water partition coefficient (Wildman–Crippen LogP) is 3.02. The van der Waals surface area contributed by atoms with Crippen molar-refractivity contribution in [3.63, 3.8) is 0 Å². The summed E-state index contributed by atoms with van der Waals surface area (Å²) in [6, 6.07) is 2.15. The van der Waals surface area contributed by atoms with Gasteiger partial charge in [0.25, 0.3) is 0 Å². The van der Waals surface area contributed by atoms with E-state index < -0.39 is 23.3 Å². The molecule has 31 heavy (non-hydrogen) atoms. The van der Waals surface area contributed by atoms with Crippen LogP contribution in [0.25, 0.3) is 0 Å². The van der Waals surface area contributed by atoms with E-state index in [0.717, 1.165) is 18.5 Å². The van der Waals surface area contributed by atoms with Crippen molar-refractivity contribution in [3.8, 4) is 0 Å². The topological polar surface area (TPSA) is 94.1 Å². The lowest BCUT2D eigenvalue weighted by Gasteiger charge is -2.11. The molecule has 162 valence electrons. The lowest BCUT2D eigenvalue weighted by Crippen LogP contribution is -2.12. The van der Waals surface area contributed by atoms with Gasteiger partial charge in [-0.25, -0.2) is 0 Å². The number of aromatic nitrogens is 4. The highest BCUT2D eigenvalue weighted by atomic mass is 19.4. The Labute approximate surface area is 175 Å². The Morgan fingerprint density at radius 2 is 2.03 bits per heavy atom. The molecule has 0 aromatic carbocycles. The van der Waals surface area contributed by atoms with Crippen LogP contribution in [-0.4, -0.2) is 50.5 Å². The Morgan fingerprint density at radius 1 is 1.26 bits per heavy atom. The van der Waals surface area contributed by atoms with Crippen molar-refractivity contribution < 1.29 is 27.3 Å². The van der Waals surface area contributed by atoms with Gasteiger partial charge in [-0.1, -0.05) is 5.16 Å². The number of rotatable bonds is 8. The average molecular weight is 433 g/mol. The normalized spacial score (nSPS) is 11.8. The van der Waals surface area contributed by atoms with Gasteiger partial charge in [-0.2, -0.15) is 18.3 Å². The van der Waals surface area contributed by atoms with E-state index in [0.29, 0.717) is 5.56 Å². The first-order chi connectivity index (χ1) is 14.6. The molecule has 0 spiro atoms. The summed E-state index contributed by atoms with van der Waals surface area (Å²) in [5.74, 6) is -0.935. The van der Waals surface area contributed by atoms with Gasteiger partial charge in [0, 0.05) is 63.0 Å². The molecule has 0 saturated heterocycles. The van der Waals surface area contributed by atoms with Crippen molar-refractivity contribution in [2.45, 2.75) is 19.1 Å². The molecule has 0 fully saturated rings. The molecule has 0 amide bonds. The number of carbonyl (C=O) groups is 2. The van der Waals surface area contributed by atoms with E-state index in [1.54, 1.807) is 19.0 Å². The van der Waals surface area contributed by atoms with Crippen LogP contribution in [-0.2, 0) is 19.1 Å². The van der Waals surface area contributed by atoms with Crippen molar-refractivity contribution >= 4 is 11.6 Å². The van der Waals surface area contributed by atoms with Crippen molar-refractivity contribution in [3.05, 3.63) is 77.3 Å². The molecule has 3 aromatic heterocycles. The van der Waals surface area contributed by atoms with Crippen molar-refractivity contribution in [2.24, 2.45) is 0 Å². The van der Waals surface area contributed by atoms with Crippen LogP contribution in [0, 0.1) is 0 Å². The standard InChI is InChI=1S/C20H18F3N5O3/c1-27(2)6-4-17(29)19-8-16(26-31-19)18(30)7-13-9-25-28(11-13)12-14-10-24-5-3-15(14)20(21,22)23/h3-6,8-11H,7,12H2,1-2H3/b6-4+. The monoisotopic (exact) mass is 433 g/mol. The first-order valence-electron chi connectivity index (χ1n) is 9.04. The number of nitrogens with zero attached hydrogens (tertiary/aromatic N) is 5. The van der Waals surface area contributed by atoms with Gasteiger partial charge >= 0.3 is 6.18 Å². The third-order valence-electron chi connectivity index (χ3n) is 4.16. The highest BCUT2D eigenvalue weighted by molar-refractivity contribution is 6.04. The summed E-state index contributed by atoms with van der Waals surface area (Å²) in [5, 5.41) is 7.63. The Hall–Kier alpha value is -3.76. The van der Waals surface area contributed by atoms with Gasteiger partial charge in [-0.05, 0) is 11.6 Å². The number of allylic oxidation sites excluding steroid dienone is 1. The first kappa shape index (κ1) is 21.9. The number of Topliss-reactive ketones (excluding diaryl/α,β-unsaturated/α-hetero) is 1. The van der Waals surface area contributed by atoms with E-state index in [-0.39, 0.29) is 30.0 Å². The fraction of sp³-hybridized carbons (Fsp3) is 0.250. The number of hydrogen-bond acceptors (Lipinski definition) is 7. The van der Waals surface area contributed by atoms with E-state index in [1.165, 1.54) is 35.4 Å². The average Bonchev–Trinajstić information content (AvgIpc) is 3.35. The van der Waals surface area contributed by atoms with Crippen molar-refractivity contribution in [1.29, 1.82) is 0 Å². The Kier molecular flexibility index (Phi) is 6.33. The highest BCUT2D eigenvalue weighted by Gasteiger charge is 2.33. The molecule has 0 bridgehead atoms. The van der Waals surface area contributed by atoms with Gasteiger partial charge in [0.2, 0.25) is 11.5 Å². The number of carbonyl (C=O) groups excluding carboxylic acids is 2. The molecular weight excluding hydrogens is 415 g/mol. The molecule has 0 unspecified atom stereocenters. The summed E-state index contributed by atoms with van der Waals surface area (Å²) >= 11 is 0. The van der Waals surface area contributed by atoms with Crippen LogP contribution >= 0.6 is 0 Å². The molecule has 0 aliphatic rings. The molecule has 3 rings (SSSR count). The Balaban J connectivity index is 1.67. The maximum atomic E-state index is 13.1. The SMILES string of the molecule is CN(C)/C=C/C(=O)c1cc(C(=O)Cc2cnn(Cc3cnccc3C(F)(F)F)c2)no1. The number of alkyl halides is 3. The zero-order valence-corrected chi connectivity index (χ0v) is 16.6. The van der Waals surface area contributed by atoms with Gasteiger partial charge in [-0.15, -0.1) is 0 Å². The largest absolute Gasteiger partial charge is 0.416 e. The van der Waals surface area contributed by atoms with E-state index in [4.69, 9.17) is 4.52 Å². The molecule has 0 radical (unpaired) electrons. The number of pyridine rings is 1. The van der Waals surface area contributed by atoms with Crippen LogP contribution < -0.4 is 0 Å². The van der Waals surface area contributed by atoms with Crippen molar-refractivity contribution in [1.82, 2.24) is 24.8 Å². The fourth-order valence-electron chi connectivity index (χ4n) is 2.69. The quantitative estimate of drug-likeness (QED) is 0.398. The summed E-state index contributed by atoms with van der Waals surface area (Å²) in [7, 11) is 3.50. The Morgan fingerprint density at radius 3 is 2.74 bits per heavy atom. The summed E-state index contributed by atoms with van der Waals surface area (Å²) in [6.07, 6.45) is 3.27. The smallest absolute Gasteiger partial charge is 0.383 e. The van der Waals surface area contributed by atoms with Gasteiger partial charge in [0.05, 0.1) is 18.3 Å². The van der Waals surface area contributed by atoms with Crippen LogP contribution in [0.15, 0.2) is 53.7 Å². The predicted molar refractivity (Wildman–Crippen MR) is 102 cm³/mol. The molecule has 3 heterocycles. The van der Waals surface area contributed by atoms with Crippen LogP contribution in [0.3, 0.4) is 0 Å². The van der Waals surface area contributed by atoms with E-state index in [2.05, 4.69) is 15.2 Å². The number of halogens is 3. The van der Waals surface area contributed by atoms with E-state index in [9.17, 15) is 22.8 Å². The zero-order valence-electron chi connectivity index (χ0n) is 16.6. The van der Waals surface area contributed by atoms with Crippen molar-refractivity contribution in [2.75, 3.05) is 14.1 Å². The molecular formula is C20H18F3N5O3. The first-order valence-corrected chi connectivity index (χ1v) is 9.04. The molecule has 0 N–H and O–H groups in total. The second-order valence-corrected chi connectivity index (χ2v) is 6.90. The van der Waals surface area contributed by atoms with Crippen LogP contribution in [0.1, 0.15) is 37.7 Å². The molecule has 0 atom stereocenters. The lowest BCUT2D eigenvalue weighted by atomic mass is 10.1. The fourth-order valence-corrected chi connectivity index (χ4v) is 2.69. The highest BCUT2D eigenvalue weighted by Crippen LogP contribution is 2.31. The number of ketones is 2. The molecule has 0 aliphatic heterocycles. The summed E-state index contributed by atoms with van der Waals surface area (Å²) in [5.41, 5.74) is -0.382. The third-order valence-corrected chi connectivity index (χ3v) is 4.16. The molecule has 3 aromatic rings. The zero-order chi connectivity index (χ0) is 22.6. The molecule has 8 nitrogen and oxygen atoms in total. The minimum Gasteiger partial charge on any atom is -0.383 e. The van der Waals surface area contributed by atoms with E-state index in [1.807, 2.05) is 0 Å². The molecule has 0 saturated carbocycles. The van der Waals surface area contributed by atoms with Crippen LogP contribution in [0.5, 0.6) is 0 Å². The Bertz CT molecular complexity index is 1120. The maximum absolute atomic E-state index is 13.1. The number of hydrogen-bond donors (Lipinski definition) is 0. The maximum Gasteiger partial charge on any atom is 0.416 e. The van der Waals surface area contributed by atoms with Crippen LogP contribution in [0.4, 0.5) is 13.2 Å². The lowest BCUT2D eigenvalue weighted by molar-refractivity contribution is -0.138. The molecule has 11 heteroatoms. The van der Waals surface area contributed by atoms with Crippen LogP contribution in [0.2, 0.25) is 0 Å². The minimum atomic E-state index is -4.51. The van der Waals surface area contributed by atoms with Gasteiger partial charge in [0.15, 0.2) is 11.5 Å². The van der Waals surface area contributed by atoms with E-state index >= 15 is 0 Å². The third kappa shape index (κ3) is 5.65. The summed E-state index contributed by atoms with van der Waals surface area (Å²) in [6.45, 7) is -0.155. The summed E-state index contributed by atoms with van der Waals surface area (Å²) < 4.78 is 45.6. The van der Waals surface area contributed by atoms with Gasteiger partial charge < -0.3 is 9.42 Å². The van der Waals surface area contributed by atoms with Gasteiger partial charge in [0.1, 0.15) is 0 Å². The second kappa shape index (κ2) is 8.94. The minimum absolute atomic E-state index is 0.0269.